The lowest BCUT2D eigenvalue weighted by Crippen LogP contribution is -2.12. The van der Waals surface area contributed by atoms with Gasteiger partial charge in [0.15, 0.2) is 0 Å². The van der Waals surface area contributed by atoms with E-state index in [-0.39, 0.29) is 6.10 Å². The van der Waals surface area contributed by atoms with Crippen LogP contribution in [0.15, 0.2) is 12.3 Å². The minimum Gasteiger partial charge on any atom is -0.388 e. The van der Waals surface area contributed by atoms with E-state index < -0.39 is 0 Å². The quantitative estimate of drug-likeness (QED) is 0.639. The largest absolute Gasteiger partial charge is 0.388 e. The molecule has 1 aromatic rings. The maximum Gasteiger partial charge on any atom is 0.0807 e. The molecule has 16 heavy (non-hydrogen) atoms. The Hall–Kier alpha value is -0.850. The normalized spacial score (nSPS) is 19.1. The highest BCUT2D eigenvalue weighted by Crippen LogP contribution is 2.30. The molecule has 1 N–H and O–H groups in total. The third-order valence-corrected chi connectivity index (χ3v) is 3.87. The summed E-state index contributed by atoms with van der Waals surface area (Å²) < 4.78 is 2.27. The fourth-order valence-corrected chi connectivity index (χ4v) is 2.82. The highest BCUT2D eigenvalue weighted by molar-refractivity contribution is 7.99. The van der Waals surface area contributed by atoms with Crippen molar-refractivity contribution in [3.8, 4) is 12.3 Å². The van der Waals surface area contributed by atoms with Gasteiger partial charge in [0, 0.05) is 29.8 Å². The average molecular weight is 235 g/mol. The van der Waals surface area contributed by atoms with Crippen LogP contribution in [-0.2, 0) is 13.0 Å². The summed E-state index contributed by atoms with van der Waals surface area (Å²) in [5.41, 5.74) is 2.45. The van der Waals surface area contributed by atoms with Gasteiger partial charge in [-0.2, -0.15) is 0 Å². The lowest BCUT2D eigenvalue weighted by atomic mass is 9.95. The first kappa shape index (κ1) is 11.6. The molecule has 0 fully saturated rings. The summed E-state index contributed by atoms with van der Waals surface area (Å²) in [6.07, 6.45) is 10.1. The van der Waals surface area contributed by atoms with Gasteiger partial charge in [-0.15, -0.1) is 18.2 Å². The van der Waals surface area contributed by atoms with Gasteiger partial charge < -0.3 is 9.67 Å². The molecule has 1 aliphatic rings. The topological polar surface area (TPSA) is 25.2 Å². The van der Waals surface area contributed by atoms with Gasteiger partial charge in [-0.1, -0.05) is 5.92 Å². The Balaban J connectivity index is 1.98. The first-order valence-electron chi connectivity index (χ1n) is 5.70. The van der Waals surface area contributed by atoms with E-state index >= 15 is 0 Å². The van der Waals surface area contributed by atoms with E-state index in [1.807, 2.05) is 0 Å². The Labute approximate surface area is 101 Å². The number of aliphatic hydroxyl groups is 1. The van der Waals surface area contributed by atoms with Crippen LogP contribution in [0.3, 0.4) is 0 Å². The summed E-state index contributed by atoms with van der Waals surface area (Å²) in [6, 6.07) is 2.06. The summed E-state index contributed by atoms with van der Waals surface area (Å²) in [5, 5.41) is 9.84. The number of fused-ring (bicyclic) bond motifs is 1. The van der Waals surface area contributed by atoms with Crippen molar-refractivity contribution >= 4 is 11.8 Å². The van der Waals surface area contributed by atoms with Crippen molar-refractivity contribution in [2.24, 2.45) is 0 Å². The van der Waals surface area contributed by atoms with Gasteiger partial charge in [-0.05, 0) is 25.3 Å². The zero-order valence-electron chi connectivity index (χ0n) is 9.35. The van der Waals surface area contributed by atoms with Crippen LogP contribution in [0.5, 0.6) is 0 Å². The maximum atomic E-state index is 9.84. The molecule has 1 unspecified atom stereocenters. The molecule has 2 rings (SSSR count). The number of aromatic nitrogens is 1. The molecule has 1 aliphatic carbocycles. The average Bonchev–Trinajstić information content (AvgIpc) is 2.70. The third-order valence-electron chi connectivity index (χ3n) is 3.03. The summed E-state index contributed by atoms with van der Waals surface area (Å²) in [4.78, 5) is 0. The van der Waals surface area contributed by atoms with Gasteiger partial charge >= 0.3 is 0 Å². The first-order chi connectivity index (χ1) is 7.83. The molecule has 1 aromatic heterocycles. The Morgan fingerprint density at radius 1 is 1.62 bits per heavy atom. The summed E-state index contributed by atoms with van der Waals surface area (Å²) in [6.45, 7) is 0.994. The van der Waals surface area contributed by atoms with E-state index in [2.05, 4.69) is 22.8 Å². The van der Waals surface area contributed by atoms with E-state index in [4.69, 9.17) is 6.42 Å². The predicted molar refractivity (Wildman–Crippen MR) is 68.5 cm³/mol. The van der Waals surface area contributed by atoms with Gasteiger partial charge in [0.05, 0.1) is 11.9 Å². The Kier molecular flexibility index (Phi) is 3.98. The van der Waals surface area contributed by atoms with Crippen molar-refractivity contribution in [1.82, 2.24) is 4.57 Å². The SMILES string of the molecule is C#CCSCCn1ccc2c1CCCC2O. The molecule has 0 radical (unpaired) electrons. The zero-order chi connectivity index (χ0) is 11.4. The molecule has 3 heteroatoms. The molecule has 0 bridgehead atoms. The molecule has 1 atom stereocenters. The Morgan fingerprint density at radius 3 is 3.31 bits per heavy atom. The second-order valence-electron chi connectivity index (χ2n) is 4.08. The summed E-state index contributed by atoms with van der Waals surface area (Å²) in [7, 11) is 0. The molecule has 0 spiro atoms. The number of aryl methyl sites for hydroxylation is 1. The number of rotatable bonds is 4. The maximum absolute atomic E-state index is 9.84. The monoisotopic (exact) mass is 235 g/mol. The molecule has 2 nitrogen and oxygen atoms in total. The number of hydrogen-bond acceptors (Lipinski definition) is 2. The van der Waals surface area contributed by atoms with Crippen molar-refractivity contribution in [3.05, 3.63) is 23.5 Å². The molecule has 0 saturated heterocycles. The van der Waals surface area contributed by atoms with E-state index in [9.17, 15) is 5.11 Å². The van der Waals surface area contributed by atoms with Crippen molar-refractivity contribution < 1.29 is 5.11 Å². The summed E-state index contributed by atoms with van der Waals surface area (Å²) in [5.74, 6) is 4.46. The standard InChI is InChI=1S/C13H17NOS/c1-2-9-16-10-8-14-7-6-11-12(14)4-3-5-13(11)15/h1,6-7,13,15H,3-5,8-10H2. The van der Waals surface area contributed by atoms with Crippen LogP contribution in [-0.4, -0.2) is 21.2 Å². The van der Waals surface area contributed by atoms with Gasteiger partial charge in [0.25, 0.3) is 0 Å². The van der Waals surface area contributed by atoms with E-state index in [1.54, 1.807) is 11.8 Å². The van der Waals surface area contributed by atoms with Crippen molar-refractivity contribution in [3.63, 3.8) is 0 Å². The van der Waals surface area contributed by atoms with Crippen molar-refractivity contribution in [2.45, 2.75) is 31.9 Å². The van der Waals surface area contributed by atoms with Crippen LogP contribution in [0.2, 0.25) is 0 Å². The fraction of sp³-hybridized carbons (Fsp3) is 0.538. The molecule has 0 saturated carbocycles. The minimum absolute atomic E-state index is 0.247. The lowest BCUT2D eigenvalue weighted by Gasteiger charge is -2.20. The highest BCUT2D eigenvalue weighted by Gasteiger charge is 2.20. The van der Waals surface area contributed by atoms with Crippen LogP contribution < -0.4 is 0 Å². The van der Waals surface area contributed by atoms with Crippen LogP contribution >= 0.6 is 11.8 Å². The van der Waals surface area contributed by atoms with Crippen molar-refractivity contribution in [1.29, 1.82) is 0 Å². The second-order valence-corrected chi connectivity index (χ2v) is 5.18. The molecule has 0 aliphatic heterocycles. The number of terminal acetylenes is 1. The number of nitrogens with zero attached hydrogens (tertiary/aromatic N) is 1. The third kappa shape index (κ3) is 2.45. The number of aliphatic hydroxyl groups excluding tert-OH is 1. The molecular weight excluding hydrogens is 218 g/mol. The fourth-order valence-electron chi connectivity index (χ4n) is 2.24. The summed E-state index contributed by atoms with van der Waals surface area (Å²) >= 11 is 1.78. The van der Waals surface area contributed by atoms with Crippen LogP contribution in [0.25, 0.3) is 0 Å². The van der Waals surface area contributed by atoms with E-state index in [0.29, 0.717) is 0 Å². The first-order valence-corrected chi connectivity index (χ1v) is 6.85. The number of hydrogen-bond donors (Lipinski definition) is 1. The predicted octanol–water partition coefficient (Wildman–Crippen LogP) is 2.22. The van der Waals surface area contributed by atoms with Crippen molar-refractivity contribution in [2.75, 3.05) is 11.5 Å². The lowest BCUT2D eigenvalue weighted by molar-refractivity contribution is 0.155. The highest BCUT2D eigenvalue weighted by atomic mass is 32.2. The van der Waals surface area contributed by atoms with Gasteiger partial charge in [-0.25, -0.2) is 0 Å². The van der Waals surface area contributed by atoms with Crippen LogP contribution in [0.4, 0.5) is 0 Å². The zero-order valence-corrected chi connectivity index (χ0v) is 10.2. The second kappa shape index (κ2) is 5.47. The smallest absolute Gasteiger partial charge is 0.0807 e. The van der Waals surface area contributed by atoms with Gasteiger partial charge in [-0.3, -0.25) is 0 Å². The van der Waals surface area contributed by atoms with Crippen LogP contribution in [0, 0.1) is 12.3 Å². The Bertz CT molecular complexity index is 391. The van der Waals surface area contributed by atoms with E-state index in [1.165, 1.54) is 5.69 Å². The van der Waals surface area contributed by atoms with Crippen LogP contribution in [0.1, 0.15) is 30.2 Å². The molecule has 0 aromatic carbocycles. The number of thioether (sulfide) groups is 1. The van der Waals surface area contributed by atoms with Gasteiger partial charge in [0.1, 0.15) is 0 Å². The molecule has 86 valence electrons. The molecule has 0 amide bonds. The molecular formula is C13H17NOS. The van der Waals surface area contributed by atoms with Gasteiger partial charge in [0.2, 0.25) is 0 Å². The Morgan fingerprint density at radius 2 is 2.50 bits per heavy atom. The minimum atomic E-state index is -0.247. The molecule has 1 heterocycles. The van der Waals surface area contributed by atoms with E-state index in [0.717, 1.165) is 42.9 Å².